The van der Waals surface area contributed by atoms with Gasteiger partial charge in [0.05, 0.1) is 0 Å². The van der Waals surface area contributed by atoms with Crippen molar-refractivity contribution in [3.05, 3.63) is 11.3 Å². The fraction of sp³-hybridized carbons (Fsp3) is 0.875. The molecule has 0 amide bonds. The van der Waals surface area contributed by atoms with E-state index in [0.717, 1.165) is 0 Å². The number of hydrogen-bond acceptors (Lipinski definition) is 1. The molecule has 0 bridgehead atoms. The molecule has 0 saturated carbocycles. The largest absolute Gasteiger partial charge is 0.325 e. The molecule has 0 aromatic heterocycles. The third kappa shape index (κ3) is 9.90. The Bertz CT molecular complexity index is 185. The lowest BCUT2D eigenvalue weighted by Gasteiger charge is -2.20. The summed E-state index contributed by atoms with van der Waals surface area (Å²) in [7, 11) is -0.132. The first-order valence-corrected chi connectivity index (χ1v) is 9.63. The summed E-state index contributed by atoms with van der Waals surface area (Å²) >= 11 is 0. The first-order valence-electron chi connectivity index (χ1n) is 8.18. The molecule has 0 heterocycles. The van der Waals surface area contributed by atoms with Crippen molar-refractivity contribution >= 4 is 9.68 Å². The van der Waals surface area contributed by atoms with Crippen LogP contribution in [0.1, 0.15) is 79.1 Å². The summed E-state index contributed by atoms with van der Waals surface area (Å²) in [5.41, 5.74) is 4.39. The maximum absolute atomic E-state index is 2.78. The summed E-state index contributed by atoms with van der Waals surface area (Å²) in [5.74, 6) is 0. The van der Waals surface area contributed by atoms with Crippen LogP contribution in [-0.4, -0.2) is 27.3 Å². The third-order valence-electron chi connectivity index (χ3n) is 3.44. The van der Waals surface area contributed by atoms with E-state index in [0.29, 0.717) is 0 Å². The molecule has 0 spiro atoms. The average Bonchev–Trinajstić information content (AvgIpc) is 2.38. The maximum Gasteiger partial charge on any atom is 0.119 e. The van der Waals surface area contributed by atoms with Gasteiger partial charge in [0.1, 0.15) is 9.68 Å². The molecule has 0 aliphatic rings. The lowest BCUT2D eigenvalue weighted by atomic mass is 10.1. The highest BCUT2D eigenvalue weighted by atomic mass is 28.2. The Morgan fingerprint density at radius 1 is 0.833 bits per heavy atom. The van der Waals surface area contributed by atoms with Crippen molar-refractivity contribution in [2.45, 2.75) is 79.1 Å². The highest BCUT2D eigenvalue weighted by Gasteiger charge is 2.03. The van der Waals surface area contributed by atoms with Crippen LogP contribution < -0.4 is 0 Å². The Labute approximate surface area is 118 Å². The summed E-state index contributed by atoms with van der Waals surface area (Å²) in [4.78, 5) is 0. The summed E-state index contributed by atoms with van der Waals surface area (Å²) in [5, 5.41) is 0. The number of allylic oxidation sites excluding steroid dienone is 1. The second-order valence-electron chi connectivity index (χ2n) is 5.37. The van der Waals surface area contributed by atoms with Gasteiger partial charge >= 0.3 is 0 Å². The van der Waals surface area contributed by atoms with Crippen molar-refractivity contribution in [3.63, 3.8) is 0 Å². The lowest BCUT2D eigenvalue weighted by Crippen LogP contribution is -2.29. The van der Waals surface area contributed by atoms with Crippen LogP contribution >= 0.6 is 0 Å². The number of unbranched alkanes of at least 4 members (excludes halogenated alkanes) is 2. The van der Waals surface area contributed by atoms with Crippen LogP contribution in [0.5, 0.6) is 0 Å². The van der Waals surface area contributed by atoms with Gasteiger partial charge in [-0.05, 0) is 38.8 Å². The van der Waals surface area contributed by atoms with E-state index < -0.39 is 0 Å². The molecule has 0 unspecified atom stereocenters. The molecular formula is C16H35NSi. The van der Waals surface area contributed by atoms with E-state index in [9.17, 15) is 0 Å². The van der Waals surface area contributed by atoms with Crippen molar-refractivity contribution < 1.29 is 0 Å². The van der Waals surface area contributed by atoms with Gasteiger partial charge in [0.2, 0.25) is 0 Å². The second-order valence-corrected chi connectivity index (χ2v) is 7.04. The number of hydrogen-bond donors (Lipinski definition) is 0. The van der Waals surface area contributed by atoms with Crippen LogP contribution in [0, 0.1) is 0 Å². The zero-order valence-corrected chi connectivity index (χ0v) is 14.7. The minimum atomic E-state index is -0.132. The van der Waals surface area contributed by atoms with Gasteiger partial charge in [0.25, 0.3) is 0 Å². The molecule has 18 heavy (non-hydrogen) atoms. The van der Waals surface area contributed by atoms with E-state index in [1.165, 1.54) is 64.5 Å². The molecule has 1 nitrogen and oxygen atoms in total. The average molecular weight is 270 g/mol. The molecule has 0 rings (SSSR count). The molecule has 108 valence electrons. The smallest absolute Gasteiger partial charge is 0.119 e. The Kier molecular flexibility index (Phi) is 13.3. The van der Waals surface area contributed by atoms with Crippen LogP contribution in [0.3, 0.4) is 0 Å². The molecule has 0 N–H and O–H groups in total. The van der Waals surface area contributed by atoms with E-state index >= 15 is 0 Å². The predicted molar refractivity (Wildman–Crippen MR) is 87.8 cm³/mol. The molecule has 0 fully saturated rings. The molecule has 0 saturated heterocycles. The van der Waals surface area contributed by atoms with Gasteiger partial charge in [-0.25, -0.2) is 0 Å². The Balaban J connectivity index is 4.19. The molecule has 0 aromatic carbocycles. The topological polar surface area (TPSA) is 3.24 Å². The molecule has 0 atom stereocenters. The fourth-order valence-electron chi connectivity index (χ4n) is 2.29. The standard InChI is InChI=1S/C16H35NSi/c1-5-9-13-17(14-10-6-2)18-15-16(11-7-3)12-8-4/h15H,5-14,18H2,1-4H3. The van der Waals surface area contributed by atoms with Crippen LogP contribution in [0.4, 0.5) is 0 Å². The molecular weight excluding hydrogens is 234 g/mol. The van der Waals surface area contributed by atoms with Gasteiger partial charge in [-0.1, -0.05) is 64.7 Å². The van der Waals surface area contributed by atoms with Crippen molar-refractivity contribution in [2.24, 2.45) is 0 Å². The van der Waals surface area contributed by atoms with E-state index in [1.54, 1.807) is 5.57 Å². The lowest BCUT2D eigenvalue weighted by molar-refractivity contribution is 0.423. The van der Waals surface area contributed by atoms with E-state index in [2.05, 4.69) is 38.0 Å². The van der Waals surface area contributed by atoms with Crippen LogP contribution in [0.2, 0.25) is 0 Å². The van der Waals surface area contributed by atoms with E-state index in [1.807, 2.05) is 0 Å². The summed E-state index contributed by atoms with van der Waals surface area (Å²) in [6.45, 7) is 11.9. The van der Waals surface area contributed by atoms with Crippen molar-refractivity contribution in [1.29, 1.82) is 0 Å². The normalized spacial score (nSPS) is 11.6. The molecule has 0 aromatic rings. The van der Waals surface area contributed by atoms with Crippen LogP contribution in [-0.2, 0) is 0 Å². The zero-order valence-electron chi connectivity index (χ0n) is 13.3. The molecule has 2 heteroatoms. The highest BCUT2D eigenvalue weighted by molar-refractivity contribution is 6.39. The first kappa shape index (κ1) is 17.9. The Hall–Kier alpha value is -0.0831. The molecule has 0 aliphatic heterocycles. The van der Waals surface area contributed by atoms with E-state index in [-0.39, 0.29) is 9.68 Å². The number of nitrogens with zero attached hydrogens (tertiary/aromatic N) is 1. The first-order chi connectivity index (χ1) is 8.78. The second kappa shape index (κ2) is 13.4. The zero-order chi connectivity index (χ0) is 13.6. The van der Waals surface area contributed by atoms with Crippen molar-refractivity contribution in [3.8, 4) is 0 Å². The Morgan fingerprint density at radius 3 is 1.72 bits per heavy atom. The van der Waals surface area contributed by atoms with Gasteiger partial charge in [-0.2, -0.15) is 0 Å². The SMILES string of the molecule is CCCCN(CCCC)[SiH2]C=C(CCC)CCC. The van der Waals surface area contributed by atoms with Crippen LogP contribution in [0.15, 0.2) is 11.3 Å². The van der Waals surface area contributed by atoms with Gasteiger partial charge in [0.15, 0.2) is 0 Å². The summed E-state index contributed by atoms with van der Waals surface area (Å²) < 4.78 is 2.78. The van der Waals surface area contributed by atoms with Crippen LogP contribution in [0.25, 0.3) is 0 Å². The quantitative estimate of drug-likeness (QED) is 0.473. The van der Waals surface area contributed by atoms with Crippen molar-refractivity contribution in [2.75, 3.05) is 13.1 Å². The highest BCUT2D eigenvalue weighted by Crippen LogP contribution is 2.11. The number of rotatable bonds is 12. The van der Waals surface area contributed by atoms with Gasteiger partial charge in [-0.15, -0.1) is 0 Å². The fourth-order valence-corrected chi connectivity index (χ4v) is 4.02. The summed E-state index contributed by atoms with van der Waals surface area (Å²) in [6.07, 6.45) is 10.7. The maximum atomic E-state index is 2.78. The molecule has 0 aliphatic carbocycles. The van der Waals surface area contributed by atoms with Gasteiger partial charge in [0, 0.05) is 0 Å². The minimum Gasteiger partial charge on any atom is -0.325 e. The third-order valence-corrected chi connectivity index (χ3v) is 5.34. The predicted octanol–water partition coefficient (Wildman–Crippen LogP) is 4.46. The monoisotopic (exact) mass is 269 g/mol. The van der Waals surface area contributed by atoms with Gasteiger partial charge < -0.3 is 4.57 Å². The summed E-state index contributed by atoms with van der Waals surface area (Å²) in [6, 6.07) is 0. The van der Waals surface area contributed by atoms with Crippen molar-refractivity contribution in [1.82, 2.24) is 4.57 Å². The van der Waals surface area contributed by atoms with E-state index in [4.69, 9.17) is 0 Å². The molecule has 0 radical (unpaired) electrons. The Morgan fingerprint density at radius 2 is 1.33 bits per heavy atom. The van der Waals surface area contributed by atoms with Gasteiger partial charge in [-0.3, -0.25) is 0 Å². The minimum absolute atomic E-state index is 0.132.